The molecule has 4 aromatic heterocycles. The molecular weight excluding hydrogens is 1020 g/mol. The summed E-state index contributed by atoms with van der Waals surface area (Å²) in [6.45, 7) is 29.0. The summed E-state index contributed by atoms with van der Waals surface area (Å²) in [6.07, 6.45) is 0. The third-order valence-corrected chi connectivity index (χ3v) is 15.9. The van der Waals surface area contributed by atoms with Crippen LogP contribution >= 0.6 is 0 Å². The molecule has 0 saturated heterocycles. The molecule has 2 aliphatic rings. The third kappa shape index (κ3) is 8.75. The van der Waals surface area contributed by atoms with Gasteiger partial charge in [-0.2, -0.15) is 16.2 Å². The molecule has 79 heavy (non-hydrogen) atoms. The summed E-state index contributed by atoms with van der Waals surface area (Å²) in [5.74, 6) is 0. The molecule has 0 aliphatic carbocycles. The van der Waals surface area contributed by atoms with Crippen LogP contribution in [0.2, 0.25) is 0 Å². The molecule has 6 aromatic carbocycles. The molecule has 391 valence electrons. The van der Waals surface area contributed by atoms with Crippen molar-refractivity contribution >= 4 is 72.0 Å². The molecular formula is C70H60CoN6O2. The Morgan fingerprint density at radius 1 is 0.468 bits per heavy atom. The van der Waals surface area contributed by atoms with Gasteiger partial charge in [0.15, 0.2) is 0 Å². The number of allylic oxidation sites excluding steroid dienone is 4. The van der Waals surface area contributed by atoms with Crippen LogP contribution in [0.5, 0.6) is 0 Å². The monoisotopic (exact) mass is 1080 g/mol. The molecule has 1 radical (unpaired) electrons. The zero-order chi connectivity index (χ0) is 55.2. The predicted molar refractivity (Wildman–Crippen MR) is 320 cm³/mol. The Balaban J connectivity index is 0.000000176. The van der Waals surface area contributed by atoms with Crippen molar-refractivity contribution in [1.29, 1.82) is 10.5 Å². The largest absolute Gasteiger partial charge is 2.00 e. The molecule has 0 unspecified atom stereocenters. The van der Waals surface area contributed by atoms with E-state index in [1.807, 2.05) is 64.1 Å². The normalized spacial score (nSPS) is 14.7. The van der Waals surface area contributed by atoms with Crippen LogP contribution in [0.25, 0.3) is 71.7 Å². The van der Waals surface area contributed by atoms with Crippen molar-refractivity contribution in [2.24, 2.45) is 9.98 Å². The van der Waals surface area contributed by atoms with Crippen LogP contribution in [-0.2, 0) is 16.8 Å². The first-order valence-electron chi connectivity index (χ1n) is 26.5. The molecule has 8 nitrogen and oxygen atoms in total. The molecule has 9 heteroatoms. The van der Waals surface area contributed by atoms with Gasteiger partial charge in [-0.25, -0.2) is 0 Å². The molecule has 0 atom stereocenters. The summed E-state index contributed by atoms with van der Waals surface area (Å²) >= 11 is 0. The molecule has 6 heterocycles. The summed E-state index contributed by atoms with van der Waals surface area (Å²) in [5.41, 5.74) is 31.1. The number of hydrogen-bond donors (Lipinski definition) is 0. The molecule has 0 fully saturated rings. The fraction of sp³-hybridized carbons (Fsp3) is 0.200. The van der Waals surface area contributed by atoms with Crippen molar-refractivity contribution in [2.75, 3.05) is 0 Å². The maximum Gasteiger partial charge on any atom is 2.00 e. The number of aromatic nitrogens is 2. The van der Waals surface area contributed by atoms with E-state index in [9.17, 15) is 10.5 Å². The Labute approximate surface area is 472 Å². The van der Waals surface area contributed by atoms with Crippen molar-refractivity contribution in [2.45, 2.75) is 96.9 Å². The summed E-state index contributed by atoms with van der Waals surface area (Å²) in [4.78, 5) is 20.3. The number of nitrogens with zero attached hydrogens (tertiary/aromatic N) is 6. The number of furan rings is 2. The fourth-order valence-electron chi connectivity index (χ4n) is 12.6. The van der Waals surface area contributed by atoms with Crippen LogP contribution in [0.15, 0.2) is 156 Å². The smallest absolute Gasteiger partial charge is 0.660 e. The minimum Gasteiger partial charge on any atom is -0.660 e. The molecule has 0 bridgehead atoms. The van der Waals surface area contributed by atoms with Crippen LogP contribution < -0.4 is 9.97 Å². The molecule has 2 aliphatic heterocycles. The Kier molecular flexibility index (Phi) is 14.0. The minimum absolute atomic E-state index is 0. The fourth-order valence-corrected chi connectivity index (χ4v) is 12.6. The number of fused-ring (bicyclic) bond motifs is 6. The average molecular weight is 1080 g/mol. The first-order chi connectivity index (χ1) is 37.4. The summed E-state index contributed by atoms with van der Waals surface area (Å²) in [6, 6.07) is 42.6. The number of hydrogen-bond acceptors (Lipinski definition) is 6. The second kappa shape index (κ2) is 20.6. The molecule has 0 spiro atoms. The Bertz CT molecular complexity index is 4500. The van der Waals surface area contributed by atoms with Gasteiger partial charge in [0.25, 0.3) is 0 Å². The van der Waals surface area contributed by atoms with E-state index in [-0.39, 0.29) is 16.8 Å². The standard InChI is InChI=1S/2C35H30N3O.Co/c2*1-18-15-19(2)30(20(3)16-18)32(33-21(4)28(17-36)23(6)37-33)34-22(5)31(24(7)38-34)27-13-10-12-26-25-11-8-9-14-29(25)39-35(26)27;/h2*8-16H,1-7H3;/q2*-1;+2/b34-32-;33-32-;. The van der Waals surface area contributed by atoms with Gasteiger partial charge in [0.05, 0.1) is 28.7 Å². The number of aliphatic imine (C=N–C) groups is 2. The Morgan fingerprint density at radius 2 is 0.911 bits per heavy atom. The second-order valence-corrected chi connectivity index (χ2v) is 21.3. The number of nitriles is 2. The van der Waals surface area contributed by atoms with Crippen LogP contribution in [0.4, 0.5) is 0 Å². The molecule has 0 amide bonds. The van der Waals surface area contributed by atoms with Crippen molar-refractivity contribution in [3.63, 3.8) is 0 Å². The van der Waals surface area contributed by atoms with E-state index in [4.69, 9.17) is 28.8 Å². The topological polar surface area (TPSA) is 127 Å². The Hall–Kier alpha value is -8.73. The minimum atomic E-state index is 0. The molecule has 0 saturated carbocycles. The maximum absolute atomic E-state index is 9.87. The predicted octanol–water partition coefficient (Wildman–Crippen LogP) is 17.5. The Morgan fingerprint density at radius 3 is 1.41 bits per heavy atom. The molecule has 10 aromatic rings. The van der Waals surface area contributed by atoms with E-state index in [2.05, 4.69) is 154 Å². The van der Waals surface area contributed by atoms with E-state index in [1.54, 1.807) is 0 Å². The number of rotatable bonds is 6. The van der Waals surface area contributed by atoms with Crippen LogP contribution in [-0.4, -0.2) is 11.4 Å². The summed E-state index contributed by atoms with van der Waals surface area (Å²) < 4.78 is 12.8. The number of aryl methyl sites for hydroxylation is 8. The van der Waals surface area contributed by atoms with Crippen molar-refractivity contribution in [3.8, 4) is 23.3 Å². The number of para-hydroxylation sites is 4. The van der Waals surface area contributed by atoms with E-state index in [0.717, 1.165) is 156 Å². The zero-order valence-corrected chi connectivity index (χ0v) is 48.3. The van der Waals surface area contributed by atoms with Gasteiger partial charge < -0.3 is 18.8 Å². The van der Waals surface area contributed by atoms with Crippen molar-refractivity contribution in [3.05, 3.63) is 227 Å². The van der Waals surface area contributed by atoms with E-state index >= 15 is 0 Å². The SMILES string of the molecule is CC1=N/C(=C(\c2[n-]c(C)c(-c3cccc4c3oc3ccccc34)c2C)c2c(C)cc(C)cc2C)C(C)=C1C#N.CC1=N/C(=C(\c2[n-]c(C)c(C#N)c2C)c2c(C)cc(C)cc2C)C(C)=C1c1cccc2c1oc1ccccc12.[Co+2]. The first kappa shape index (κ1) is 53.7. The first-order valence-corrected chi connectivity index (χ1v) is 26.5. The zero-order valence-electron chi connectivity index (χ0n) is 47.2. The van der Waals surface area contributed by atoms with E-state index < -0.39 is 0 Å². The van der Waals surface area contributed by atoms with Gasteiger partial charge in [0.1, 0.15) is 28.4 Å². The summed E-state index contributed by atoms with van der Waals surface area (Å²) in [7, 11) is 0. The van der Waals surface area contributed by atoms with Crippen LogP contribution in [0, 0.1) is 91.9 Å². The summed E-state index contributed by atoms with van der Waals surface area (Å²) in [5, 5.41) is 24.2. The quantitative estimate of drug-likeness (QED) is 0.163. The van der Waals surface area contributed by atoms with Crippen molar-refractivity contribution < 1.29 is 25.6 Å². The van der Waals surface area contributed by atoms with Gasteiger partial charge in [-0.1, -0.05) is 128 Å². The van der Waals surface area contributed by atoms with Gasteiger partial charge in [0, 0.05) is 49.5 Å². The second-order valence-electron chi connectivity index (χ2n) is 21.3. The average Bonchev–Trinajstić information content (AvgIpc) is 4.25. The van der Waals surface area contributed by atoms with Crippen molar-refractivity contribution in [1.82, 2.24) is 9.97 Å². The van der Waals surface area contributed by atoms with Gasteiger partial charge in [-0.15, -0.1) is 17.1 Å². The molecule has 0 N–H and O–H groups in total. The van der Waals surface area contributed by atoms with Gasteiger partial charge in [0.2, 0.25) is 0 Å². The van der Waals surface area contributed by atoms with Gasteiger partial charge in [-0.05, 0) is 162 Å². The van der Waals surface area contributed by atoms with E-state index in [0.29, 0.717) is 11.1 Å². The van der Waals surface area contributed by atoms with E-state index in [1.165, 1.54) is 33.4 Å². The molecule has 12 rings (SSSR count). The van der Waals surface area contributed by atoms with Crippen LogP contribution in [0.1, 0.15) is 117 Å². The maximum atomic E-state index is 9.87. The number of benzene rings is 6. The van der Waals surface area contributed by atoms with Gasteiger partial charge in [-0.3, -0.25) is 9.98 Å². The van der Waals surface area contributed by atoms with Gasteiger partial charge >= 0.3 is 16.8 Å². The van der Waals surface area contributed by atoms with Crippen LogP contribution in [0.3, 0.4) is 0 Å². The third-order valence-electron chi connectivity index (χ3n) is 15.9.